The van der Waals surface area contributed by atoms with Crippen LogP contribution in [0.4, 0.5) is 5.69 Å². The van der Waals surface area contributed by atoms with Crippen LogP contribution in [0.2, 0.25) is 0 Å². The van der Waals surface area contributed by atoms with Crippen molar-refractivity contribution in [2.75, 3.05) is 11.9 Å². The third-order valence-electron chi connectivity index (χ3n) is 3.11. The van der Waals surface area contributed by atoms with Gasteiger partial charge >= 0.3 is 0 Å². The molecule has 1 N–H and O–H groups in total. The van der Waals surface area contributed by atoms with Gasteiger partial charge < -0.3 is 14.8 Å². The molecule has 0 aliphatic rings. The number of hydrogen-bond donors (Lipinski definition) is 1. The lowest BCUT2D eigenvalue weighted by Crippen LogP contribution is -2.16. The second kappa shape index (κ2) is 8.73. The lowest BCUT2D eigenvalue weighted by Gasteiger charge is -2.15. The number of nitrogens with one attached hydrogen (secondary N) is 1. The molecule has 2 aromatic carbocycles. The van der Waals surface area contributed by atoms with Crippen LogP contribution in [0, 0.1) is 0 Å². The lowest BCUT2D eigenvalue weighted by atomic mass is 10.1. The van der Waals surface area contributed by atoms with Crippen LogP contribution in [0.15, 0.2) is 46.9 Å². The van der Waals surface area contributed by atoms with E-state index in [0.717, 1.165) is 16.6 Å². The summed E-state index contributed by atoms with van der Waals surface area (Å²) in [6.45, 7) is 6.56. The molecule has 0 aliphatic heterocycles. The fourth-order valence-corrected chi connectivity index (χ4v) is 2.48. The molecule has 4 nitrogen and oxygen atoms in total. The minimum absolute atomic E-state index is 0.0107. The molecule has 128 valence electrons. The van der Waals surface area contributed by atoms with E-state index in [2.05, 4.69) is 28.2 Å². The Kier molecular flexibility index (Phi) is 6.67. The van der Waals surface area contributed by atoms with E-state index in [4.69, 9.17) is 9.47 Å². The Morgan fingerprint density at radius 2 is 2.00 bits per heavy atom. The maximum Gasteiger partial charge on any atom is 0.259 e. The second-order valence-electron chi connectivity index (χ2n) is 5.64. The van der Waals surface area contributed by atoms with Gasteiger partial charge in [0.2, 0.25) is 0 Å². The van der Waals surface area contributed by atoms with Crippen molar-refractivity contribution in [2.24, 2.45) is 0 Å². The molecule has 0 radical (unpaired) electrons. The lowest BCUT2D eigenvalue weighted by molar-refractivity contribution is 0.102. The first-order valence-electron chi connectivity index (χ1n) is 8.00. The highest BCUT2D eigenvalue weighted by Gasteiger charge is 2.15. The van der Waals surface area contributed by atoms with Crippen LogP contribution in [-0.2, 0) is 0 Å². The monoisotopic (exact) mass is 391 g/mol. The Hall–Kier alpha value is -2.01. The van der Waals surface area contributed by atoms with Gasteiger partial charge in [0.15, 0.2) is 0 Å². The number of amides is 1. The quantitative estimate of drug-likeness (QED) is 0.698. The third kappa shape index (κ3) is 5.27. The van der Waals surface area contributed by atoms with E-state index in [-0.39, 0.29) is 12.0 Å². The number of carbonyl (C=O) groups excluding carboxylic acids is 1. The van der Waals surface area contributed by atoms with Gasteiger partial charge in [-0.1, -0.05) is 28.9 Å². The van der Waals surface area contributed by atoms with Crippen molar-refractivity contribution in [1.29, 1.82) is 0 Å². The van der Waals surface area contributed by atoms with Gasteiger partial charge in [-0.05, 0) is 50.6 Å². The van der Waals surface area contributed by atoms with E-state index in [1.165, 1.54) is 0 Å². The van der Waals surface area contributed by atoms with Crippen LogP contribution in [-0.4, -0.2) is 18.6 Å². The van der Waals surface area contributed by atoms with Gasteiger partial charge in [-0.3, -0.25) is 4.79 Å². The van der Waals surface area contributed by atoms with Crippen LogP contribution < -0.4 is 14.8 Å². The van der Waals surface area contributed by atoms with Crippen molar-refractivity contribution < 1.29 is 14.3 Å². The fraction of sp³-hybridized carbons (Fsp3) is 0.316. The summed E-state index contributed by atoms with van der Waals surface area (Å²) in [6.07, 6.45) is 0.924. The van der Waals surface area contributed by atoms with E-state index < -0.39 is 0 Å². The van der Waals surface area contributed by atoms with E-state index in [1.54, 1.807) is 12.1 Å². The highest BCUT2D eigenvalue weighted by atomic mass is 79.9. The Balaban J connectivity index is 2.19. The molecule has 0 spiro atoms. The summed E-state index contributed by atoms with van der Waals surface area (Å²) in [6, 6.07) is 12.8. The summed E-state index contributed by atoms with van der Waals surface area (Å²) in [5, 5.41) is 2.90. The molecule has 0 saturated heterocycles. The summed E-state index contributed by atoms with van der Waals surface area (Å²) in [5.74, 6) is 1.08. The van der Waals surface area contributed by atoms with Crippen molar-refractivity contribution in [3.8, 4) is 11.5 Å². The van der Waals surface area contributed by atoms with Crippen LogP contribution in [0.1, 0.15) is 37.6 Å². The summed E-state index contributed by atoms with van der Waals surface area (Å²) < 4.78 is 12.1. The molecular formula is C19H22BrNO3. The summed E-state index contributed by atoms with van der Waals surface area (Å²) in [5.41, 5.74) is 1.17. The first kappa shape index (κ1) is 18.3. The molecule has 1 amide bonds. The van der Waals surface area contributed by atoms with Crippen LogP contribution >= 0.6 is 15.9 Å². The number of benzene rings is 2. The van der Waals surface area contributed by atoms with Crippen molar-refractivity contribution in [1.82, 2.24) is 0 Å². The molecule has 5 heteroatoms. The number of carbonyl (C=O) groups is 1. The van der Waals surface area contributed by atoms with Gasteiger partial charge in [0.1, 0.15) is 11.5 Å². The summed E-state index contributed by atoms with van der Waals surface area (Å²) in [4.78, 5) is 12.6. The van der Waals surface area contributed by atoms with Crippen LogP contribution in [0.3, 0.4) is 0 Å². The average Bonchev–Trinajstić information content (AvgIpc) is 2.54. The standard InChI is InChI=1S/C19H22BrNO3/c1-4-10-23-16-7-5-6-15(12-16)21-19(22)17-11-14(20)8-9-18(17)24-13(2)3/h5-9,11-13H,4,10H2,1-3H3,(H,21,22). The molecule has 2 aromatic rings. The largest absolute Gasteiger partial charge is 0.494 e. The van der Waals surface area contributed by atoms with Crippen molar-refractivity contribution in [3.05, 3.63) is 52.5 Å². The van der Waals surface area contributed by atoms with Gasteiger partial charge in [-0.2, -0.15) is 0 Å². The predicted molar refractivity (Wildman–Crippen MR) is 100 cm³/mol. The van der Waals surface area contributed by atoms with Gasteiger partial charge in [-0.15, -0.1) is 0 Å². The molecule has 0 unspecified atom stereocenters. The second-order valence-corrected chi connectivity index (χ2v) is 6.55. The molecule has 0 aliphatic carbocycles. The number of rotatable bonds is 7. The van der Waals surface area contributed by atoms with Gasteiger partial charge in [0, 0.05) is 16.2 Å². The predicted octanol–water partition coefficient (Wildman–Crippen LogP) is 5.28. The first-order valence-corrected chi connectivity index (χ1v) is 8.79. The Morgan fingerprint density at radius 1 is 1.21 bits per heavy atom. The molecule has 0 bridgehead atoms. The highest BCUT2D eigenvalue weighted by Crippen LogP contribution is 2.26. The minimum Gasteiger partial charge on any atom is -0.494 e. The highest BCUT2D eigenvalue weighted by molar-refractivity contribution is 9.10. The van der Waals surface area contributed by atoms with E-state index >= 15 is 0 Å². The van der Waals surface area contributed by atoms with Crippen molar-refractivity contribution in [3.63, 3.8) is 0 Å². The molecule has 0 fully saturated rings. The average molecular weight is 392 g/mol. The summed E-state index contributed by atoms with van der Waals surface area (Å²) >= 11 is 3.40. The fourth-order valence-electron chi connectivity index (χ4n) is 2.12. The van der Waals surface area contributed by atoms with E-state index in [0.29, 0.717) is 23.6 Å². The molecule has 24 heavy (non-hydrogen) atoms. The van der Waals surface area contributed by atoms with E-state index in [1.807, 2.05) is 44.2 Å². The number of anilines is 1. The van der Waals surface area contributed by atoms with Crippen LogP contribution in [0.25, 0.3) is 0 Å². The number of halogens is 1. The Morgan fingerprint density at radius 3 is 2.71 bits per heavy atom. The zero-order chi connectivity index (χ0) is 17.5. The molecule has 0 saturated carbocycles. The number of hydrogen-bond acceptors (Lipinski definition) is 3. The molecule has 0 heterocycles. The normalized spacial score (nSPS) is 10.5. The SMILES string of the molecule is CCCOc1cccc(NC(=O)c2cc(Br)ccc2OC(C)C)c1. The maximum absolute atomic E-state index is 12.6. The Bertz CT molecular complexity index is 701. The zero-order valence-corrected chi connectivity index (χ0v) is 15.7. The van der Waals surface area contributed by atoms with Gasteiger partial charge in [0.05, 0.1) is 18.3 Å². The zero-order valence-electron chi connectivity index (χ0n) is 14.1. The summed E-state index contributed by atoms with van der Waals surface area (Å²) in [7, 11) is 0. The minimum atomic E-state index is -0.223. The van der Waals surface area contributed by atoms with E-state index in [9.17, 15) is 4.79 Å². The van der Waals surface area contributed by atoms with Gasteiger partial charge in [0.25, 0.3) is 5.91 Å². The van der Waals surface area contributed by atoms with Crippen molar-refractivity contribution in [2.45, 2.75) is 33.3 Å². The molecule has 2 rings (SSSR count). The Labute approximate surface area is 151 Å². The third-order valence-corrected chi connectivity index (χ3v) is 3.61. The number of ether oxygens (including phenoxy) is 2. The smallest absolute Gasteiger partial charge is 0.259 e. The van der Waals surface area contributed by atoms with Gasteiger partial charge in [-0.25, -0.2) is 0 Å². The van der Waals surface area contributed by atoms with Crippen LogP contribution in [0.5, 0.6) is 11.5 Å². The maximum atomic E-state index is 12.6. The van der Waals surface area contributed by atoms with Crippen molar-refractivity contribution >= 4 is 27.5 Å². The molecule has 0 atom stereocenters. The molecule has 0 aromatic heterocycles. The topological polar surface area (TPSA) is 47.6 Å². The molecular weight excluding hydrogens is 370 g/mol. The first-order chi connectivity index (χ1) is 11.5.